The third kappa shape index (κ3) is 3.89. The minimum Gasteiger partial charge on any atom is -0.342 e. The zero-order chi connectivity index (χ0) is 18.7. The Kier molecular flexibility index (Phi) is 5.59. The Bertz CT molecular complexity index is 703. The number of nitrogens with zero attached hydrogens (tertiary/aromatic N) is 2. The van der Waals surface area contributed by atoms with Crippen LogP contribution in [0.2, 0.25) is 0 Å². The third-order valence-corrected chi connectivity index (χ3v) is 5.58. The van der Waals surface area contributed by atoms with Gasteiger partial charge in [0.2, 0.25) is 17.7 Å². The number of para-hydroxylation sites is 2. The Balaban J connectivity index is 1.60. The first-order valence-corrected chi connectivity index (χ1v) is 9.42. The second-order valence-electron chi connectivity index (χ2n) is 7.38. The largest absolute Gasteiger partial charge is 0.342 e. The molecule has 1 fully saturated rings. The number of carbonyl (C=O) groups is 3. The van der Waals surface area contributed by atoms with Crippen molar-refractivity contribution in [1.82, 2.24) is 4.90 Å². The highest BCUT2D eigenvalue weighted by molar-refractivity contribution is 6.10. The second-order valence-corrected chi connectivity index (χ2v) is 7.38. The molecule has 1 N–H and O–H groups in total. The normalized spacial score (nSPS) is 22.4. The molecule has 3 rings (SSSR count). The number of benzene rings is 1. The van der Waals surface area contributed by atoms with Gasteiger partial charge in [-0.1, -0.05) is 31.9 Å². The van der Waals surface area contributed by atoms with Gasteiger partial charge in [0.15, 0.2) is 0 Å². The lowest BCUT2D eigenvalue weighted by Crippen LogP contribution is -2.44. The molecule has 6 heteroatoms. The summed E-state index contributed by atoms with van der Waals surface area (Å²) in [7, 11) is 1.85. The van der Waals surface area contributed by atoms with E-state index < -0.39 is 0 Å². The van der Waals surface area contributed by atoms with Gasteiger partial charge in [-0.05, 0) is 30.9 Å². The molecule has 0 radical (unpaired) electrons. The van der Waals surface area contributed by atoms with Crippen LogP contribution in [0.25, 0.3) is 0 Å². The molecule has 0 bridgehead atoms. The maximum absolute atomic E-state index is 12.6. The fraction of sp³-hybridized carbons (Fsp3) is 0.550. The van der Waals surface area contributed by atoms with Crippen molar-refractivity contribution in [2.75, 3.05) is 23.8 Å². The van der Waals surface area contributed by atoms with E-state index in [0.29, 0.717) is 17.3 Å². The van der Waals surface area contributed by atoms with Gasteiger partial charge >= 0.3 is 0 Å². The van der Waals surface area contributed by atoms with Gasteiger partial charge in [-0.25, -0.2) is 0 Å². The van der Waals surface area contributed by atoms with Crippen LogP contribution >= 0.6 is 0 Å². The molecule has 3 amide bonds. The summed E-state index contributed by atoms with van der Waals surface area (Å²) in [6.45, 7) is 2.20. The van der Waals surface area contributed by atoms with Gasteiger partial charge < -0.3 is 15.1 Å². The summed E-state index contributed by atoms with van der Waals surface area (Å²) in [6.07, 6.45) is 4.88. The molecule has 1 aromatic carbocycles. The van der Waals surface area contributed by atoms with E-state index >= 15 is 0 Å². The zero-order valence-electron chi connectivity index (χ0n) is 15.5. The minimum absolute atomic E-state index is 0.000461. The van der Waals surface area contributed by atoms with Crippen molar-refractivity contribution in [3.05, 3.63) is 24.3 Å². The SMILES string of the molecule is CC1CCCCC1N(C)C(=O)CCC(=O)N1CC(=O)Nc2ccccc21. The van der Waals surface area contributed by atoms with Crippen molar-refractivity contribution >= 4 is 29.1 Å². The summed E-state index contributed by atoms with van der Waals surface area (Å²) in [5.74, 6) is 0.111. The zero-order valence-corrected chi connectivity index (χ0v) is 15.5. The molecule has 1 aliphatic carbocycles. The molecular weight excluding hydrogens is 330 g/mol. The van der Waals surface area contributed by atoms with Crippen molar-refractivity contribution < 1.29 is 14.4 Å². The van der Waals surface area contributed by atoms with Crippen LogP contribution in [0.3, 0.4) is 0 Å². The lowest BCUT2D eigenvalue weighted by atomic mass is 9.85. The summed E-state index contributed by atoms with van der Waals surface area (Å²) < 4.78 is 0. The highest BCUT2D eigenvalue weighted by Gasteiger charge is 2.30. The maximum Gasteiger partial charge on any atom is 0.244 e. The summed E-state index contributed by atoms with van der Waals surface area (Å²) in [6, 6.07) is 7.50. The second kappa shape index (κ2) is 7.89. The van der Waals surface area contributed by atoms with Gasteiger partial charge in [-0.3, -0.25) is 14.4 Å². The van der Waals surface area contributed by atoms with Crippen LogP contribution in [-0.2, 0) is 14.4 Å². The van der Waals surface area contributed by atoms with E-state index in [1.807, 2.05) is 30.1 Å². The molecule has 0 saturated heterocycles. The number of fused-ring (bicyclic) bond motifs is 1. The van der Waals surface area contributed by atoms with Crippen molar-refractivity contribution in [2.24, 2.45) is 5.92 Å². The molecule has 1 heterocycles. The van der Waals surface area contributed by atoms with Crippen molar-refractivity contribution in [3.63, 3.8) is 0 Å². The fourth-order valence-electron chi connectivity index (χ4n) is 4.04. The molecule has 0 aromatic heterocycles. The smallest absolute Gasteiger partial charge is 0.244 e. The molecule has 2 aliphatic rings. The minimum atomic E-state index is -0.212. The molecule has 1 aliphatic heterocycles. The van der Waals surface area contributed by atoms with Crippen LogP contribution < -0.4 is 10.2 Å². The Morgan fingerprint density at radius 3 is 2.69 bits per heavy atom. The topological polar surface area (TPSA) is 69.7 Å². The number of anilines is 2. The number of carbonyl (C=O) groups excluding carboxylic acids is 3. The quantitative estimate of drug-likeness (QED) is 0.901. The Hall–Kier alpha value is -2.37. The highest BCUT2D eigenvalue weighted by atomic mass is 16.2. The summed E-state index contributed by atoms with van der Waals surface area (Å²) in [4.78, 5) is 40.4. The van der Waals surface area contributed by atoms with Gasteiger partial charge in [-0.15, -0.1) is 0 Å². The molecular formula is C20H27N3O3. The van der Waals surface area contributed by atoms with Crippen molar-refractivity contribution in [2.45, 2.75) is 51.5 Å². The van der Waals surface area contributed by atoms with Crippen LogP contribution in [0.1, 0.15) is 45.4 Å². The first-order valence-electron chi connectivity index (χ1n) is 9.42. The van der Waals surface area contributed by atoms with E-state index in [1.165, 1.54) is 11.3 Å². The molecule has 1 saturated carbocycles. The van der Waals surface area contributed by atoms with Gasteiger partial charge in [0.05, 0.1) is 11.4 Å². The Morgan fingerprint density at radius 2 is 1.92 bits per heavy atom. The summed E-state index contributed by atoms with van der Waals surface area (Å²) >= 11 is 0. The van der Waals surface area contributed by atoms with Crippen molar-refractivity contribution in [1.29, 1.82) is 0 Å². The van der Waals surface area contributed by atoms with Crippen LogP contribution in [-0.4, -0.2) is 42.3 Å². The van der Waals surface area contributed by atoms with E-state index in [2.05, 4.69) is 12.2 Å². The number of nitrogens with one attached hydrogen (secondary N) is 1. The highest BCUT2D eigenvalue weighted by Crippen LogP contribution is 2.30. The average molecular weight is 357 g/mol. The first-order chi connectivity index (χ1) is 12.5. The standard InChI is InChI=1S/C20H27N3O3/c1-14-7-3-5-9-16(14)22(2)19(25)11-12-20(26)23-13-18(24)21-15-8-4-6-10-17(15)23/h4,6,8,10,14,16H,3,5,7,9,11-13H2,1-2H3,(H,21,24). The summed E-state index contributed by atoms with van der Waals surface area (Å²) in [5.41, 5.74) is 1.33. The molecule has 2 atom stereocenters. The van der Waals surface area contributed by atoms with Crippen LogP contribution in [0.5, 0.6) is 0 Å². The molecule has 6 nitrogen and oxygen atoms in total. The predicted molar refractivity (Wildman–Crippen MR) is 101 cm³/mol. The number of hydrogen-bond donors (Lipinski definition) is 1. The van der Waals surface area contributed by atoms with E-state index in [-0.39, 0.29) is 43.1 Å². The number of amides is 3. The fourth-order valence-corrected chi connectivity index (χ4v) is 4.04. The van der Waals surface area contributed by atoms with Gasteiger partial charge in [0, 0.05) is 25.9 Å². The van der Waals surface area contributed by atoms with Crippen LogP contribution in [0.4, 0.5) is 11.4 Å². The molecule has 1 aromatic rings. The van der Waals surface area contributed by atoms with Crippen LogP contribution in [0, 0.1) is 5.92 Å². The average Bonchev–Trinajstić information content (AvgIpc) is 2.65. The number of rotatable bonds is 4. The predicted octanol–water partition coefficient (Wildman–Crippen LogP) is 2.79. The Labute approximate surface area is 154 Å². The van der Waals surface area contributed by atoms with Gasteiger partial charge in [0.25, 0.3) is 0 Å². The molecule has 0 spiro atoms. The van der Waals surface area contributed by atoms with Gasteiger partial charge in [0.1, 0.15) is 6.54 Å². The van der Waals surface area contributed by atoms with E-state index in [1.54, 1.807) is 6.07 Å². The Morgan fingerprint density at radius 1 is 1.19 bits per heavy atom. The summed E-state index contributed by atoms with van der Waals surface area (Å²) in [5, 5.41) is 2.77. The maximum atomic E-state index is 12.6. The van der Waals surface area contributed by atoms with E-state index in [4.69, 9.17) is 0 Å². The van der Waals surface area contributed by atoms with Crippen LogP contribution in [0.15, 0.2) is 24.3 Å². The van der Waals surface area contributed by atoms with Gasteiger partial charge in [-0.2, -0.15) is 0 Å². The first kappa shape index (κ1) is 18.4. The molecule has 140 valence electrons. The lowest BCUT2D eigenvalue weighted by Gasteiger charge is -2.36. The molecule has 2 unspecified atom stereocenters. The number of hydrogen-bond acceptors (Lipinski definition) is 3. The lowest BCUT2D eigenvalue weighted by molar-refractivity contribution is -0.135. The molecule has 26 heavy (non-hydrogen) atoms. The van der Waals surface area contributed by atoms with E-state index in [9.17, 15) is 14.4 Å². The third-order valence-electron chi connectivity index (χ3n) is 5.58. The van der Waals surface area contributed by atoms with E-state index in [0.717, 1.165) is 19.3 Å². The monoisotopic (exact) mass is 357 g/mol. The van der Waals surface area contributed by atoms with Crippen molar-refractivity contribution in [3.8, 4) is 0 Å².